The molecule has 1 aromatic carbocycles. The van der Waals surface area contributed by atoms with Crippen LogP contribution in [-0.4, -0.2) is 32.2 Å². The molecule has 4 rings (SSSR count). The third-order valence-corrected chi connectivity index (χ3v) is 10.2. The van der Waals surface area contributed by atoms with Crippen molar-refractivity contribution in [1.29, 1.82) is 0 Å². The van der Waals surface area contributed by atoms with Gasteiger partial charge in [0, 0.05) is 4.90 Å². The fourth-order valence-electron chi connectivity index (χ4n) is 4.00. The highest BCUT2D eigenvalue weighted by molar-refractivity contribution is 7.98. The van der Waals surface area contributed by atoms with Gasteiger partial charge in [-0.3, -0.25) is 9.59 Å². The summed E-state index contributed by atoms with van der Waals surface area (Å²) in [5, 5.41) is -0.189. The third-order valence-electron chi connectivity index (χ3n) is 5.22. The number of amides is 2. The zero-order valence-corrected chi connectivity index (χ0v) is 18.3. The molecule has 3 aliphatic rings. The van der Waals surface area contributed by atoms with Crippen LogP contribution in [0.5, 0.6) is 0 Å². The molecule has 10 heteroatoms. The molecule has 2 fully saturated rings. The predicted molar refractivity (Wildman–Crippen MR) is 108 cm³/mol. The molecule has 1 aromatic rings. The summed E-state index contributed by atoms with van der Waals surface area (Å²) in [5.41, 5.74) is 0.420. The van der Waals surface area contributed by atoms with E-state index < -0.39 is 37.7 Å². The van der Waals surface area contributed by atoms with Gasteiger partial charge in [-0.25, -0.2) is 4.90 Å². The van der Waals surface area contributed by atoms with Crippen molar-refractivity contribution < 1.29 is 9.59 Å². The Hall–Kier alpha value is 0.190. The number of benzene rings is 1. The first-order valence-corrected chi connectivity index (χ1v) is 10.9. The first-order chi connectivity index (χ1) is 12.0. The number of carbonyl (C=O) groups is 2. The van der Waals surface area contributed by atoms with Gasteiger partial charge < -0.3 is 0 Å². The third kappa shape index (κ3) is 1.93. The smallest absolute Gasteiger partial charge is 0.240 e. The fourth-order valence-corrected chi connectivity index (χ4v) is 7.38. The van der Waals surface area contributed by atoms with Crippen molar-refractivity contribution in [2.75, 3.05) is 11.2 Å². The molecule has 2 amide bonds. The Bertz CT molecular complexity index is 858. The van der Waals surface area contributed by atoms with Gasteiger partial charge in [0.2, 0.25) is 11.8 Å². The number of halogens is 6. The van der Waals surface area contributed by atoms with Crippen molar-refractivity contribution in [1.82, 2.24) is 0 Å². The number of hydrogen-bond donors (Lipinski definition) is 0. The predicted octanol–water partition coefficient (Wildman–Crippen LogP) is 5.36. The summed E-state index contributed by atoms with van der Waals surface area (Å²) in [7, 11) is 0. The summed E-state index contributed by atoms with van der Waals surface area (Å²) >= 11 is 40.3. The number of rotatable bonds is 2. The van der Waals surface area contributed by atoms with Gasteiger partial charge in [0.15, 0.2) is 4.33 Å². The van der Waals surface area contributed by atoms with Crippen LogP contribution in [0.25, 0.3) is 0 Å². The Morgan fingerprint density at radius 1 is 0.962 bits per heavy atom. The number of hydrogen-bond acceptors (Lipinski definition) is 3. The average Bonchev–Trinajstić information content (AvgIpc) is 2.99. The minimum atomic E-state index is -1.91. The van der Waals surface area contributed by atoms with E-state index in [1.54, 1.807) is 18.2 Å². The van der Waals surface area contributed by atoms with Crippen LogP contribution in [0.4, 0.5) is 5.69 Å². The summed E-state index contributed by atoms with van der Waals surface area (Å²) in [6.07, 6.45) is 1.89. The van der Waals surface area contributed by atoms with Crippen molar-refractivity contribution in [3.05, 3.63) is 34.3 Å². The van der Waals surface area contributed by atoms with Gasteiger partial charge in [-0.15, -0.1) is 35.0 Å². The number of fused-ring (bicyclic) bond motifs is 5. The van der Waals surface area contributed by atoms with Gasteiger partial charge in [0.1, 0.15) is 9.75 Å². The van der Waals surface area contributed by atoms with Crippen molar-refractivity contribution >= 4 is 98.9 Å². The van der Waals surface area contributed by atoms with Crippen LogP contribution >= 0.6 is 81.4 Å². The number of thioether (sulfide) groups is 1. The Morgan fingerprint density at radius 2 is 1.46 bits per heavy atom. The van der Waals surface area contributed by atoms with E-state index in [2.05, 4.69) is 0 Å². The van der Waals surface area contributed by atoms with Crippen molar-refractivity contribution in [3.63, 3.8) is 0 Å². The molecular formula is C16H9Cl6NO2S. The number of nitrogens with zero attached hydrogens (tertiary/aromatic N) is 1. The monoisotopic (exact) mass is 489 g/mol. The molecule has 26 heavy (non-hydrogen) atoms. The van der Waals surface area contributed by atoms with Gasteiger partial charge in [-0.2, -0.15) is 0 Å². The SMILES string of the molecule is CSc1cccc(N2C(=O)[C@@H]3[C@@H](C2=O)[C@]2(Cl)C(Cl)=C(Cl)[C@]3(Cl)C2(Cl)Cl)c1. The first-order valence-electron chi connectivity index (χ1n) is 7.38. The molecule has 0 radical (unpaired) electrons. The average molecular weight is 492 g/mol. The lowest BCUT2D eigenvalue weighted by Crippen LogP contribution is -2.50. The van der Waals surface area contributed by atoms with Crippen LogP contribution in [0.2, 0.25) is 0 Å². The van der Waals surface area contributed by atoms with Gasteiger partial charge in [-0.1, -0.05) is 52.5 Å². The minimum Gasteiger partial charge on any atom is -0.274 e. The van der Waals surface area contributed by atoms with E-state index in [0.717, 1.165) is 9.80 Å². The molecule has 2 aliphatic carbocycles. The second-order valence-electron chi connectivity index (χ2n) is 6.29. The van der Waals surface area contributed by atoms with Crippen molar-refractivity contribution in [2.24, 2.45) is 11.8 Å². The largest absolute Gasteiger partial charge is 0.274 e. The fraction of sp³-hybridized carbons (Fsp3) is 0.375. The highest BCUT2D eigenvalue weighted by atomic mass is 35.5. The summed E-state index contributed by atoms with van der Waals surface area (Å²) < 4.78 is -1.91. The van der Waals surface area contributed by atoms with Crippen LogP contribution in [0, 0.1) is 11.8 Å². The van der Waals surface area contributed by atoms with Crippen molar-refractivity contribution in [2.45, 2.75) is 19.0 Å². The molecule has 1 saturated heterocycles. The van der Waals surface area contributed by atoms with E-state index in [1.165, 1.54) is 11.8 Å². The van der Waals surface area contributed by atoms with Gasteiger partial charge >= 0.3 is 0 Å². The molecule has 1 heterocycles. The molecule has 0 aromatic heterocycles. The van der Waals surface area contributed by atoms with E-state index in [-0.39, 0.29) is 10.1 Å². The lowest BCUT2D eigenvalue weighted by Gasteiger charge is -2.34. The first kappa shape index (κ1) is 19.5. The van der Waals surface area contributed by atoms with E-state index in [0.29, 0.717) is 5.69 Å². The van der Waals surface area contributed by atoms with E-state index in [1.807, 2.05) is 12.3 Å². The zero-order valence-electron chi connectivity index (χ0n) is 12.9. The van der Waals surface area contributed by atoms with Crippen LogP contribution in [0.1, 0.15) is 0 Å². The Balaban J connectivity index is 1.89. The molecule has 4 atom stereocenters. The van der Waals surface area contributed by atoms with Crippen LogP contribution in [0.15, 0.2) is 39.2 Å². The molecule has 138 valence electrons. The number of alkyl halides is 4. The molecule has 0 spiro atoms. The maximum atomic E-state index is 13.2. The summed E-state index contributed by atoms with van der Waals surface area (Å²) in [4.78, 5) is 24.8. The van der Waals surface area contributed by atoms with Gasteiger partial charge in [-0.05, 0) is 24.5 Å². The standard InChI is InChI=1S/C16H9Cl6NO2S/c1-26-7-4-2-3-6(5-7)23-12(24)8-9(13(23)25)15(20)11(18)10(17)14(8,19)16(15,21)22/h2-5,8-9H,1H3/t8-,9-,14-,15-/m0/s1. The molecule has 2 bridgehead atoms. The van der Waals surface area contributed by atoms with Gasteiger partial charge in [0.05, 0.1) is 27.6 Å². The number of carbonyl (C=O) groups excluding carboxylic acids is 2. The quantitative estimate of drug-likeness (QED) is 0.317. The van der Waals surface area contributed by atoms with E-state index >= 15 is 0 Å². The minimum absolute atomic E-state index is 0.0945. The Morgan fingerprint density at radius 3 is 1.92 bits per heavy atom. The topological polar surface area (TPSA) is 37.4 Å². The van der Waals surface area contributed by atoms with Crippen LogP contribution < -0.4 is 4.90 Å². The lowest BCUT2D eigenvalue weighted by atomic mass is 9.84. The highest BCUT2D eigenvalue weighted by Crippen LogP contribution is 2.77. The van der Waals surface area contributed by atoms with Gasteiger partial charge in [0.25, 0.3) is 0 Å². The maximum absolute atomic E-state index is 13.2. The molecule has 1 saturated carbocycles. The number of imide groups is 1. The van der Waals surface area contributed by atoms with Crippen LogP contribution in [0.3, 0.4) is 0 Å². The maximum Gasteiger partial charge on any atom is 0.240 e. The molecule has 1 aliphatic heterocycles. The Kier molecular flexibility index (Phi) is 4.39. The second kappa shape index (κ2) is 5.85. The molecule has 3 nitrogen and oxygen atoms in total. The summed E-state index contributed by atoms with van der Waals surface area (Å²) in [6.45, 7) is 0. The van der Waals surface area contributed by atoms with E-state index in [9.17, 15) is 9.59 Å². The molecule has 0 unspecified atom stereocenters. The number of allylic oxidation sites excluding steroid dienone is 2. The lowest BCUT2D eigenvalue weighted by molar-refractivity contribution is -0.123. The number of anilines is 1. The highest BCUT2D eigenvalue weighted by Gasteiger charge is 2.87. The van der Waals surface area contributed by atoms with Crippen molar-refractivity contribution in [3.8, 4) is 0 Å². The summed E-state index contributed by atoms with van der Waals surface area (Å²) in [6, 6.07) is 7.01. The zero-order chi connectivity index (χ0) is 19.2. The molecule has 0 N–H and O–H groups in total. The van der Waals surface area contributed by atoms with Crippen LogP contribution in [-0.2, 0) is 9.59 Å². The van der Waals surface area contributed by atoms with E-state index in [4.69, 9.17) is 69.6 Å². The normalized spacial score (nSPS) is 37.7. The Labute approximate surface area is 183 Å². The summed E-state index contributed by atoms with van der Waals surface area (Å²) in [5.74, 6) is -3.33. The second-order valence-corrected chi connectivity index (χ2v) is 10.4. The molecular weight excluding hydrogens is 483 g/mol.